The van der Waals surface area contributed by atoms with Crippen molar-refractivity contribution >= 4 is 29.0 Å². The van der Waals surface area contributed by atoms with Gasteiger partial charge < -0.3 is 15.5 Å². The van der Waals surface area contributed by atoms with Crippen molar-refractivity contribution in [2.45, 2.75) is 53.2 Å². The van der Waals surface area contributed by atoms with Crippen molar-refractivity contribution in [3.05, 3.63) is 89.2 Å². The molecule has 3 amide bonds. The predicted octanol–water partition coefficient (Wildman–Crippen LogP) is 5.62. The third-order valence-corrected chi connectivity index (χ3v) is 6.22. The normalized spacial score (nSPS) is 15.2. The molecule has 0 bridgehead atoms. The molecule has 0 saturated heterocycles. The van der Waals surface area contributed by atoms with Crippen molar-refractivity contribution in [1.82, 2.24) is 10.3 Å². The summed E-state index contributed by atoms with van der Waals surface area (Å²) < 4.78 is 0. The third kappa shape index (κ3) is 5.97. The fraction of sp³-hybridized carbons (Fsp3) is 0.310. The number of aromatic nitrogens is 1. The lowest BCUT2D eigenvalue weighted by Gasteiger charge is -2.26. The van der Waals surface area contributed by atoms with E-state index in [1.807, 2.05) is 74.5 Å². The van der Waals surface area contributed by atoms with E-state index < -0.39 is 12.2 Å². The predicted molar refractivity (Wildman–Crippen MR) is 144 cm³/mol. The number of aliphatic imine (C=N–C) groups is 1. The number of anilines is 2. The van der Waals surface area contributed by atoms with Crippen LogP contribution in [0.1, 0.15) is 49.1 Å². The number of rotatable bonds is 7. The van der Waals surface area contributed by atoms with Gasteiger partial charge in [0.1, 0.15) is 0 Å². The molecule has 2 aromatic carbocycles. The van der Waals surface area contributed by atoms with E-state index in [0.29, 0.717) is 18.0 Å². The molecule has 0 radical (unpaired) electrons. The molecule has 1 aliphatic rings. The van der Waals surface area contributed by atoms with Gasteiger partial charge in [0.05, 0.1) is 17.9 Å². The summed E-state index contributed by atoms with van der Waals surface area (Å²) in [5.74, 6) is 0.175. The summed E-state index contributed by atoms with van der Waals surface area (Å²) in [5, 5.41) is 5.64. The van der Waals surface area contributed by atoms with Gasteiger partial charge in [-0.2, -0.15) is 0 Å². The SMILES string of the molecule is Cc1cccc(NC(=O)NC2N=C(CCC(C)C)c3ccccc3N(Cc3ncccc3C)C2=O)c1. The molecule has 1 atom stereocenters. The van der Waals surface area contributed by atoms with Crippen LogP contribution in [-0.2, 0) is 11.3 Å². The summed E-state index contributed by atoms with van der Waals surface area (Å²) in [6.45, 7) is 8.54. The molecule has 2 N–H and O–H groups in total. The van der Waals surface area contributed by atoms with Crippen LogP contribution in [0.5, 0.6) is 0 Å². The average Bonchev–Trinajstić information content (AvgIpc) is 2.94. The van der Waals surface area contributed by atoms with Crippen molar-refractivity contribution in [2.24, 2.45) is 10.9 Å². The van der Waals surface area contributed by atoms with Gasteiger partial charge in [0, 0.05) is 23.2 Å². The van der Waals surface area contributed by atoms with E-state index in [1.165, 1.54) is 0 Å². The van der Waals surface area contributed by atoms with Crippen LogP contribution >= 0.6 is 0 Å². The first-order chi connectivity index (χ1) is 17.3. The molecule has 7 heteroatoms. The maximum absolute atomic E-state index is 13.9. The lowest BCUT2D eigenvalue weighted by atomic mass is 9.99. The molecule has 0 saturated carbocycles. The fourth-order valence-corrected chi connectivity index (χ4v) is 4.23. The van der Waals surface area contributed by atoms with Gasteiger partial charge >= 0.3 is 6.03 Å². The first-order valence-electron chi connectivity index (χ1n) is 12.3. The second-order valence-corrected chi connectivity index (χ2v) is 9.59. The number of benzodiazepines with no additional fused rings is 1. The maximum atomic E-state index is 13.9. The van der Waals surface area contributed by atoms with E-state index in [9.17, 15) is 9.59 Å². The Balaban J connectivity index is 1.69. The summed E-state index contributed by atoms with van der Waals surface area (Å²) in [4.78, 5) is 37.9. The molecule has 1 aromatic heterocycles. The Hall–Kier alpha value is -4.00. The first kappa shape index (κ1) is 25.1. The largest absolute Gasteiger partial charge is 0.321 e. The van der Waals surface area contributed by atoms with Gasteiger partial charge in [0.25, 0.3) is 5.91 Å². The number of aryl methyl sites for hydroxylation is 2. The molecule has 1 aliphatic heterocycles. The number of carbonyl (C=O) groups excluding carboxylic acids is 2. The second-order valence-electron chi connectivity index (χ2n) is 9.59. The fourth-order valence-electron chi connectivity index (χ4n) is 4.23. The van der Waals surface area contributed by atoms with Gasteiger partial charge in [-0.05, 0) is 68.0 Å². The van der Waals surface area contributed by atoms with Crippen molar-refractivity contribution in [3.8, 4) is 0 Å². The average molecular weight is 484 g/mol. The Morgan fingerprint density at radius 3 is 2.61 bits per heavy atom. The van der Waals surface area contributed by atoms with E-state index in [0.717, 1.165) is 40.2 Å². The molecule has 7 nitrogen and oxygen atoms in total. The highest BCUT2D eigenvalue weighted by Crippen LogP contribution is 2.29. The summed E-state index contributed by atoms with van der Waals surface area (Å²) in [7, 11) is 0. The first-order valence-corrected chi connectivity index (χ1v) is 12.3. The van der Waals surface area contributed by atoms with Gasteiger partial charge in [-0.3, -0.25) is 14.8 Å². The number of para-hydroxylation sites is 1. The van der Waals surface area contributed by atoms with Crippen LogP contribution in [0.15, 0.2) is 71.9 Å². The molecular weight excluding hydrogens is 450 g/mol. The van der Waals surface area contributed by atoms with E-state index in [2.05, 4.69) is 29.5 Å². The Morgan fingerprint density at radius 1 is 1.06 bits per heavy atom. The molecule has 186 valence electrons. The molecule has 2 heterocycles. The molecule has 36 heavy (non-hydrogen) atoms. The number of hydrogen-bond donors (Lipinski definition) is 2. The summed E-state index contributed by atoms with van der Waals surface area (Å²) in [6.07, 6.45) is 2.29. The van der Waals surface area contributed by atoms with Crippen molar-refractivity contribution < 1.29 is 9.59 Å². The molecule has 0 fully saturated rings. The number of nitrogens with zero attached hydrogens (tertiary/aromatic N) is 3. The number of benzene rings is 2. The number of fused-ring (bicyclic) bond motifs is 1. The number of nitrogens with one attached hydrogen (secondary N) is 2. The number of pyridine rings is 1. The highest BCUT2D eigenvalue weighted by Gasteiger charge is 2.33. The highest BCUT2D eigenvalue weighted by atomic mass is 16.2. The minimum absolute atomic E-state index is 0.285. The quantitative estimate of drug-likeness (QED) is 0.457. The third-order valence-electron chi connectivity index (χ3n) is 6.22. The number of amides is 3. The second kappa shape index (κ2) is 11.2. The van der Waals surface area contributed by atoms with Gasteiger partial charge in [0.15, 0.2) is 0 Å². The zero-order valence-corrected chi connectivity index (χ0v) is 21.3. The maximum Gasteiger partial charge on any atom is 0.321 e. The zero-order chi connectivity index (χ0) is 25.7. The molecule has 4 rings (SSSR count). The van der Waals surface area contributed by atoms with E-state index in [-0.39, 0.29) is 12.5 Å². The van der Waals surface area contributed by atoms with Crippen LogP contribution in [0.4, 0.5) is 16.2 Å². The molecular formula is C29H33N5O2. The summed E-state index contributed by atoms with van der Waals surface area (Å²) in [6, 6.07) is 18.7. The van der Waals surface area contributed by atoms with Crippen LogP contribution in [0.3, 0.4) is 0 Å². The number of hydrogen-bond acceptors (Lipinski definition) is 4. The van der Waals surface area contributed by atoms with Gasteiger partial charge in [-0.15, -0.1) is 0 Å². The number of carbonyl (C=O) groups is 2. The van der Waals surface area contributed by atoms with Gasteiger partial charge in [-0.25, -0.2) is 4.79 Å². The molecule has 0 spiro atoms. The monoisotopic (exact) mass is 483 g/mol. The molecule has 0 aliphatic carbocycles. The lowest BCUT2D eigenvalue weighted by molar-refractivity contribution is -0.120. The van der Waals surface area contributed by atoms with Crippen LogP contribution in [0.25, 0.3) is 0 Å². The Morgan fingerprint density at radius 2 is 1.86 bits per heavy atom. The van der Waals surface area contributed by atoms with Crippen molar-refractivity contribution in [1.29, 1.82) is 0 Å². The van der Waals surface area contributed by atoms with E-state index >= 15 is 0 Å². The zero-order valence-electron chi connectivity index (χ0n) is 21.3. The smallest absolute Gasteiger partial charge is 0.308 e. The minimum atomic E-state index is -1.06. The van der Waals surface area contributed by atoms with Crippen LogP contribution in [0, 0.1) is 19.8 Å². The van der Waals surface area contributed by atoms with Gasteiger partial charge in [0.2, 0.25) is 6.17 Å². The van der Waals surface area contributed by atoms with Crippen molar-refractivity contribution in [3.63, 3.8) is 0 Å². The van der Waals surface area contributed by atoms with Crippen molar-refractivity contribution in [2.75, 3.05) is 10.2 Å². The topological polar surface area (TPSA) is 86.7 Å². The highest BCUT2D eigenvalue weighted by molar-refractivity contribution is 6.13. The summed E-state index contributed by atoms with van der Waals surface area (Å²) >= 11 is 0. The van der Waals surface area contributed by atoms with Crippen LogP contribution < -0.4 is 15.5 Å². The minimum Gasteiger partial charge on any atom is -0.308 e. The molecule has 1 unspecified atom stereocenters. The molecule has 3 aromatic rings. The Bertz CT molecular complexity index is 1280. The lowest BCUT2D eigenvalue weighted by Crippen LogP contribution is -2.48. The number of urea groups is 1. The van der Waals surface area contributed by atoms with Crippen LogP contribution in [0.2, 0.25) is 0 Å². The Kier molecular flexibility index (Phi) is 7.78. The standard InChI is InChI=1S/C29H33N5O2/c1-19(2)14-15-24-23-12-5-6-13-26(23)34(18-25-21(4)10-8-16-30-25)28(35)27(32-24)33-29(36)31-22-11-7-9-20(3)17-22/h5-13,16-17,19,27H,14-15,18H2,1-4H3,(H2,31,33,36). The van der Waals surface area contributed by atoms with E-state index in [4.69, 9.17) is 4.99 Å². The van der Waals surface area contributed by atoms with E-state index in [1.54, 1.807) is 11.1 Å². The van der Waals surface area contributed by atoms with Gasteiger partial charge in [-0.1, -0.05) is 50.2 Å². The Labute approximate surface area is 212 Å². The van der Waals surface area contributed by atoms with Crippen LogP contribution in [-0.4, -0.2) is 28.8 Å². The summed E-state index contributed by atoms with van der Waals surface area (Å²) in [5.41, 5.74) is 5.97.